The Hall–Kier alpha value is -2.24. The quantitative estimate of drug-likeness (QED) is 0.847. The van der Waals surface area contributed by atoms with Gasteiger partial charge in [-0.05, 0) is 25.0 Å². The van der Waals surface area contributed by atoms with Crippen molar-refractivity contribution in [1.29, 1.82) is 0 Å². The number of hydrogen-bond donors (Lipinski definition) is 1. The maximum absolute atomic E-state index is 12.4. The van der Waals surface area contributed by atoms with Gasteiger partial charge >= 0.3 is 6.03 Å². The molecule has 1 saturated heterocycles. The number of barbiturate groups is 1. The molecule has 0 saturated carbocycles. The summed E-state index contributed by atoms with van der Waals surface area (Å²) in [7, 11) is 0. The van der Waals surface area contributed by atoms with Gasteiger partial charge in [-0.25, -0.2) is 4.79 Å². The van der Waals surface area contributed by atoms with Gasteiger partial charge < -0.3 is 0 Å². The third kappa shape index (κ3) is 2.54. The molecular formula is C14H17N3O3. The SMILES string of the molecule is CCCC1C(=O)NC(=O)N(C(C)c2cccnc2)C1=O. The summed E-state index contributed by atoms with van der Waals surface area (Å²) in [6.45, 7) is 3.64. The fraction of sp³-hybridized carbons (Fsp3) is 0.429. The van der Waals surface area contributed by atoms with Crippen molar-refractivity contribution >= 4 is 17.8 Å². The number of carbonyl (C=O) groups is 3. The number of nitrogens with zero attached hydrogens (tertiary/aromatic N) is 2. The van der Waals surface area contributed by atoms with Crippen molar-refractivity contribution in [2.24, 2.45) is 5.92 Å². The van der Waals surface area contributed by atoms with Gasteiger partial charge in [-0.2, -0.15) is 0 Å². The van der Waals surface area contributed by atoms with E-state index in [0.29, 0.717) is 12.8 Å². The highest BCUT2D eigenvalue weighted by molar-refractivity contribution is 6.16. The molecule has 2 atom stereocenters. The van der Waals surface area contributed by atoms with Crippen LogP contribution in [0.2, 0.25) is 0 Å². The Labute approximate surface area is 117 Å². The van der Waals surface area contributed by atoms with Gasteiger partial charge in [0.15, 0.2) is 0 Å². The number of carbonyl (C=O) groups excluding carboxylic acids is 3. The first-order valence-corrected chi connectivity index (χ1v) is 6.64. The topological polar surface area (TPSA) is 79.4 Å². The van der Waals surface area contributed by atoms with Crippen LogP contribution in [0, 0.1) is 5.92 Å². The monoisotopic (exact) mass is 275 g/mol. The minimum absolute atomic E-state index is 0.433. The molecule has 4 amide bonds. The van der Waals surface area contributed by atoms with E-state index < -0.39 is 29.8 Å². The molecule has 0 spiro atoms. The number of hydrogen-bond acceptors (Lipinski definition) is 4. The molecule has 1 N–H and O–H groups in total. The summed E-state index contributed by atoms with van der Waals surface area (Å²) in [6.07, 6.45) is 4.37. The van der Waals surface area contributed by atoms with Gasteiger partial charge in [-0.3, -0.25) is 24.8 Å². The van der Waals surface area contributed by atoms with Crippen LogP contribution in [-0.2, 0) is 9.59 Å². The fourth-order valence-corrected chi connectivity index (χ4v) is 2.32. The summed E-state index contributed by atoms with van der Waals surface area (Å²) in [6, 6.07) is 2.42. The number of urea groups is 1. The summed E-state index contributed by atoms with van der Waals surface area (Å²) < 4.78 is 0. The minimum atomic E-state index is -0.781. The van der Waals surface area contributed by atoms with Crippen LogP contribution in [-0.4, -0.2) is 27.7 Å². The van der Waals surface area contributed by atoms with Crippen molar-refractivity contribution in [2.75, 3.05) is 0 Å². The maximum Gasteiger partial charge on any atom is 0.331 e. The summed E-state index contributed by atoms with van der Waals surface area (Å²) in [5.41, 5.74) is 0.751. The second-order valence-corrected chi connectivity index (χ2v) is 4.81. The number of imide groups is 2. The smallest absolute Gasteiger partial charge is 0.277 e. The molecular weight excluding hydrogens is 258 g/mol. The molecule has 1 aliphatic heterocycles. The Balaban J connectivity index is 2.27. The van der Waals surface area contributed by atoms with Crippen LogP contribution in [0.3, 0.4) is 0 Å². The van der Waals surface area contributed by atoms with Gasteiger partial charge in [0.25, 0.3) is 0 Å². The average Bonchev–Trinajstić information content (AvgIpc) is 2.44. The molecule has 0 aliphatic carbocycles. The third-order valence-electron chi connectivity index (χ3n) is 3.43. The van der Waals surface area contributed by atoms with Crippen LogP contribution in [0.1, 0.15) is 38.3 Å². The normalized spacial score (nSPS) is 20.8. The average molecular weight is 275 g/mol. The van der Waals surface area contributed by atoms with Crippen LogP contribution >= 0.6 is 0 Å². The van der Waals surface area contributed by atoms with Crippen molar-refractivity contribution < 1.29 is 14.4 Å². The van der Waals surface area contributed by atoms with E-state index in [2.05, 4.69) is 10.3 Å². The standard InChI is InChI=1S/C14H17N3O3/c1-3-5-11-12(18)16-14(20)17(13(11)19)9(2)10-6-4-7-15-8-10/h4,6-9,11H,3,5H2,1-2H3,(H,16,18,20). The molecule has 106 valence electrons. The largest absolute Gasteiger partial charge is 0.331 e. The number of aromatic nitrogens is 1. The first-order chi connectivity index (χ1) is 9.56. The fourth-order valence-electron chi connectivity index (χ4n) is 2.32. The van der Waals surface area contributed by atoms with Crippen molar-refractivity contribution in [3.8, 4) is 0 Å². The Morgan fingerprint density at radius 3 is 2.75 bits per heavy atom. The predicted molar refractivity (Wildman–Crippen MR) is 71.4 cm³/mol. The molecule has 6 heteroatoms. The number of amides is 4. The lowest BCUT2D eigenvalue weighted by Gasteiger charge is -2.34. The van der Waals surface area contributed by atoms with Crippen molar-refractivity contribution in [2.45, 2.75) is 32.7 Å². The first-order valence-electron chi connectivity index (χ1n) is 6.64. The van der Waals surface area contributed by atoms with E-state index >= 15 is 0 Å². The summed E-state index contributed by atoms with van der Waals surface area (Å²) >= 11 is 0. The van der Waals surface area contributed by atoms with Crippen LogP contribution in [0.5, 0.6) is 0 Å². The molecule has 1 aromatic rings. The van der Waals surface area contributed by atoms with Gasteiger partial charge in [-0.1, -0.05) is 19.4 Å². The Morgan fingerprint density at radius 2 is 2.15 bits per heavy atom. The first kappa shape index (κ1) is 14.2. The van der Waals surface area contributed by atoms with Crippen LogP contribution in [0.25, 0.3) is 0 Å². The van der Waals surface area contributed by atoms with Crippen LogP contribution in [0.15, 0.2) is 24.5 Å². The van der Waals surface area contributed by atoms with Crippen molar-refractivity contribution in [3.05, 3.63) is 30.1 Å². The highest BCUT2D eigenvalue weighted by Crippen LogP contribution is 2.25. The zero-order valence-corrected chi connectivity index (χ0v) is 11.5. The zero-order valence-electron chi connectivity index (χ0n) is 11.5. The molecule has 1 aromatic heterocycles. The maximum atomic E-state index is 12.4. The van der Waals surface area contributed by atoms with E-state index in [0.717, 1.165) is 10.5 Å². The summed E-state index contributed by atoms with van der Waals surface area (Å²) in [5, 5.41) is 2.25. The summed E-state index contributed by atoms with van der Waals surface area (Å²) in [4.78, 5) is 41.1. The Bertz CT molecular complexity index is 530. The van der Waals surface area contributed by atoms with E-state index in [-0.39, 0.29) is 0 Å². The van der Waals surface area contributed by atoms with Gasteiger partial charge in [0.05, 0.1) is 6.04 Å². The van der Waals surface area contributed by atoms with Crippen molar-refractivity contribution in [3.63, 3.8) is 0 Å². The van der Waals surface area contributed by atoms with E-state index in [1.807, 2.05) is 6.92 Å². The predicted octanol–water partition coefficient (Wildman–Crippen LogP) is 1.64. The molecule has 0 bridgehead atoms. The molecule has 1 fully saturated rings. The molecule has 6 nitrogen and oxygen atoms in total. The molecule has 20 heavy (non-hydrogen) atoms. The van der Waals surface area contributed by atoms with Gasteiger partial charge in [-0.15, -0.1) is 0 Å². The van der Waals surface area contributed by atoms with Gasteiger partial charge in [0.1, 0.15) is 5.92 Å². The number of nitrogens with one attached hydrogen (secondary N) is 1. The Kier molecular flexibility index (Phi) is 4.12. The highest BCUT2D eigenvalue weighted by Gasteiger charge is 2.42. The molecule has 2 heterocycles. The lowest BCUT2D eigenvalue weighted by molar-refractivity contribution is -0.144. The lowest BCUT2D eigenvalue weighted by Crippen LogP contribution is -2.58. The van der Waals surface area contributed by atoms with Crippen molar-refractivity contribution in [1.82, 2.24) is 15.2 Å². The molecule has 2 unspecified atom stereocenters. The van der Waals surface area contributed by atoms with E-state index in [1.54, 1.807) is 31.5 Å². The molecule has 0 radical (unpaired) electrons. The second kappa shape index (κ2) is 5.81. The van der Waals surface area contributed by atoms with E-state index in [9.17, 15) is 14.4 Å². The van der Waals surface area contributed by atoms with Crippen LogP contribution < -0.4 is 5.32 Å². The van der Waals surface area contributed by atoms with Gasteiger partial charge in [0.2, 0.25) is 11.8 Å². The third-order valence-corrected chi connectivity index (χ3v) is 3.43. The molecule has 2 rings (SSSR count). The number of pyridine rings is 1. The van der Waals surface area contributed by atoms with Crippen LogP contribution in [0.4, 0.5) is 4.79 Å². The minimum Gasteiger partial charge on any atom is -0.277 e. The molecule has 1 aliphatic rings. The lowest BCUT2D eigenvalue weighted by atomic mass is 9.97. The van der Waals surface area contributed by atoms with E-state index in [4.69, 9.17) is 0 Å². The zero-order chi connectivity index (χ0) is 14.7. The summed E-state index contributed by atoms with van der Waals surface area (Å²) in [5.74, 6) is -1.72. The Morgan fingerprint density at radius 1 is 1.40 bits per heavy atom. The highest BCUT2D eigenvalue weighted by atomic mass is 16.2. The van der Waals surface area contributed by atoms with Gasteiger partial charge in [0, 0.05) is 12.4 Å². The van der Waals surface area contributed by atoms with E-state index in [1.165, 1.54) is 0 Å². The second-order valence-electron chi connectivity index (χ2n) is 4.81. The number of rotatable bonds is 4. The molecule has 0 aromatic carbocycles.